The van der Waals surface area contributed by atoms with Crippen molar-refractivity contribution in [1.82, 2.24) is 10.6 Å². The van der Waals surface area contributed by atoms with Gasteiger partial charge in [0.1, 0.15) is 6.61 Å². The van der Waals surface area contributed by atoms with E-state index < -0.39 is 18.4 Å². The van der Waals surface area contributed by atoms with Gasteiger partial charge in [-0.1, -0.05) is 6.07 Å². The predicted molar refractivity (Wildman–Crippen MR) is 121 cm³/mol. The summed E-state index contributed by atoms with van der Waals surface area (Å²) in [7, 11) is 2.80. The van der Waals surface area contributed by atoms with E-state index in [2.05, 4.69) is 15.4 Å². The maximum absolute atomic E-state index is 12.4. The molecule has 1 aliphatic heterocycles. The lowest BCUT2D eigenvalue weighted by Gasteiger charge is -2.15. The summed E-state index contributed by atoms with van der Waals surface area (Å²) in [4.78, 5) is 24.5. The summed E-state index contributed by atoms with van der Waals surface area (Å²) in [6.45, 7) is -1.90. The smallest absolute Gasteiger partial charge is 0.387 e. The highest BCUT2D eigenvalue weighted by Crippen LogP contribution is 2.30. The second-order valence-corrected chi connectivity index (χ2v) is 7.63. The van der Waals surface area contributed by atoms with Crippen LogP contribution in [0.3, 0.4) is 0 Å². The minimum atomic E-state index is -3.03. The van der Waals surface area contributed by atoms with Crippen molar-refractivity contribution in [3.8, 4) is 23.0 Å². The maximum atomic E-state index is 12.4. The van der Waals surface area contributed by atoms with Crippen LogP contribution >= 0.6 is 0 Å². The minimum Gasteiger partial charge on any atom is -0.493 e. The van der Waals surface area contributed by atoms with Crippen molar-refractivity contribution in [2.75, 3.05) is 34.0 Å². The summed E-state index contributed by atoms with van der Waals surface area (Å²) < 4.78 is 50.9. The topological polar surface area (TPSA) is 104 Å². The van der Waals surface area contributed by atoms with Crippen LogP contribution in [0.2, 0.25) is 0 Å². The average Bonchev–Trinajstić information content (AvgIpc) is 3.38. The molecular formula is C24H28F2N2O7. The maximum Gasteiger partial charge on any atom is 0.387 e. The van der Waals surface area contributed by atoms with Crippen molar-refractivity contribution in [2.24, 2.45) is 0 Å². The summed E-state index contributed by atoms with van der Waals surface area (Å²) in [5.74, 6) is -0.0887. The van der Waals surface area contributed by atoms with Crippen LogP contribution in [-0.4, -0.2) is 58.5 Å². The zero-order valence-electron chi connectivity index (χ0n) is 19.5. The van der Waals surface area contributed by atoms with Gasteiger partial charge in [-0.3, -0.25) is 9.59 Å². The number of hydrogen-bond donors (Lipinski definition) is 2. The van der Waals surface area contributed by atoms with Gasteiger partial charge in [0.15, 0.2) is 23.0 Å². The molecular weight excluding hydrogens is 466 g/mol. The molecule has 11 heteroatoms. The molecule has 35 heavy (non-hydrogen) atoms. The molecule has 2 aromatic rings. The summed E-state index contributed by atoms with van der Waals surface area (Å²) in [5.41, 5.74) is 0.907. The molecule has 1 unspecified atom stereocenters. The van der Waals surface area contributed by atoms with Gasteiger partial charge in [0.05, 0.1) is 26.9 Å². The van der Waals surface area contributed by atoms with Gasteiger partial charge in [-0.25, -0.2) is 0 Å². The lowest BCUT2D eigenvalue weighted by atomic mass is 10.2. The zero-order chi connectivity index (χ0) is 25.2. The minimum absolute atomic E-state index is 0.0282. The van der Waals surface area contributed by atoms with Gasteiger partial charge in [0.2, 0.25) is 5.91 Å². The van der Waals surface area contributed by atoms with Crippen LogP contribution in [0.15, 0.2) is 36.4 Å². The van der Waals surface area contributed by atoms with Crippen molar-refractivity contribution in [3.63, 3.8) is 0 Å². The molecule has 0 aromatic heterocycles. The Morgan fingerprint density at radius 2 is 1.77 bits per heavy atom. The van der Waals surface area contributed by atoms with E-state index in [1.807, 2.05) is 6.07 Å². The standard InChI is InChI=1S/C24H28F2N2O7/c1-31-20-10-15(5-7-18(20)34-14-17-4-3-9-33-17)12-27-22(29)13-28-23(30)16-6-8-19(35-24(25)26)21(11-16)32-2/h5-8,10-11,17,24H,3-4,9,12-14H2,1-2H3,(H,27,29)(H,28,30). The Balaban J connectivity index is 1.47. The molecule has 2 amide bonds. The van der Waals surface area contributed by atoms with Gasteiger partial charge in [0, 0.05) is 18.7 Å². The summed E-state index contributed by atoms with van der Waals surface area (Å²) in [6, 6.07) is 9.08. The Morgan fingerprint density at radius 1 is 1.03 bits per heavy atom. The van der Waals surface area contributed by atoms with Crippen molar-refractivity contribution < 1.29 is 42.1 Å². The van der Waals surface area contributed by atoms with Crippen LogP contribution in [0.5, 0.6) is 23.0 Å². The van der Waals surface area contributed by atoms with E-state index >= 15 is 0 Å². The molecule has 190 valence electrons. The monoisotopic (exact) mass is 494 g/mol. The lowest BCUT2D eigenvalue weighted by molar-refractivity contribution is -0.120. The molecule has 1 heterocycles. The summed E-state index contributed by atoms with van der Waals surface area (Å²) >= 11 is 0. The van der Waals surface area contributed by atoms with E-state index in [0.717, 1.165) is 25.0 Å². The normalized spacial score (nSPS) is 14.9. The number of methoxy groups -OCH3 is 2. The van der Waals surface area contributed by atoms with Crippen LogP contribution in [-0.2, 0) is 16.1 Å². The molecule has 1 aliphatic rings. The molecule has 1 saturated heterocycles. The molecule has 0 bridgehead atoms. The van der Waals surface area contributed by atoms with Crippen molar-refractivity contribution in [3.05, 3.63) is 47.5 Å². The van der Waals surface area contributed by atoms with Crippen molar-refractivity contribution in [1.29, 1.82) is 0 Å². The third kappa shape index (κ3) is 7.71. The van der Waals surface area contributed by atoms with Crippen LogP contribution in [0.25, 0.3) is 0 Å². The SMILES string of the molecule is COc1cc(CNC(=O)CNC(=O)c2ccc(OC(F)F)c(OC)c2)ccc1OCC1CCCO1. The lowest BCUT2D eigenvalue weighted by Crippen LogP contribution is -2.36. The van der Waals surface area contributed by atoms with Gasteiger partial charge in [-0.05, 0) is 48.7 Å². The number of hydrogen-bond acceptors (Lipinski definition) is 7. The average molecular weight is 494 g/mol. The first-order chi connectivity index (χ1) is 16.9. The van der Waals surface area contributed by atoms with E-state index in [0.29, 0.717) is 18.1 Å². The summed E-state index contributed by atoms with van der Waals surface area (Å²) in [5, 5.41) is 5.18. The fourth-order valence-corrected chi connectivity index (χ4v) is 3.43. The fourth-order valence-electron chi connectivity index (χ4n) is 3.43. The number of amides is 2. The number of halogens is 2. The Bertz CT molecular complexity index is 1010. The highest BCUT2D eigenvalue weighted by Gasteiger charge is 2.18. The Kier molecular flexibility index (Phi) is 9.47. The largest absolute Gasteiger partial charge is 0.493 e. The van der Waals surface area contributed by atoms with E-state index in [4.69, 9.17) is 18.9 Å². The molecule has 0 aliphatic carbocycles. The molecule has 0 radical (unpaired) electrons. The van der Waals surface area contributed by atoms with E-state index in [1.165, 1.54) is 32.4 Å². The van der Waals surface area contributed by atoms with Gasteiger partial charge in [0.25, 0.3) is 5.91 Å². The molecule has 0 spiro atoms. The first-order valence-electron chi connectivity index (χ1n) is 11.0. The molecule has 2 N–H and O–H groups in total. The highest BCUT2D eigenvalue weighted by atomic mass is 19.3. The molecule has 9 nitrogen and oxygen atoms in total. The molecule has 1 atom stereocenters. The van der Waals surface area contributed by atoms with Crippen LogP contribution < -0.4 is 29.6 Å². The number of nitrogens with one attached hydrogen (secondary N) is 2. The number of rotatable bonds is 12. The Labute approximate surface area is 201 Å². The van der Waals surface area contributed by atoms with Crippen molar-refractivity contribution >= 4 is 11.8 Å². The second kappa shape index (κ2) is 12.7. The van der Waals surface area contributed by atoms with Crippen LogP contribution in [0.1, 0.15) is 28.8 Å². The van der Waals surface area contributed by atoms with Crippen molar-refractivity contribution in [2.45, 2.75) is 32.1 Å². The third-order valence-electron chi connectivity index (χ3n) is 5.22. The van der Waals surface area contributed by atoms with E-state index in [-0.39, 0.29) is 36.3 Å². The van der Waals surface area contributed by atoms with Gasteiger partial charge >= 0.3 is 6.61 Å². The second-order valence-electron chi connectivity index (χ2n) is 7.63. The zero-order valence-corrected chi connectivity index (χ0v) is 19.5. The summed E-state index contributed by atoms with van der Waals surface area (Å²) in [6.07, 6.45) is 2.08. The molecule has 0 saturated carbocycles. The Hall–Kier alpha value is -3.60. The third-order valence-corrected chi connectivity index (χ3v) is 5.22. The van der Waals surface area contributed by atoms with Gasteiger partial charge < -0.3 is 34.3 Å². The predicted octanol–water partition coefficient (Wildman–Crippen LogP) is 2.91. The number of carbonyl (C=O) groups excluding carboxylic acids is 2. The van der Waals surface area contributed by atoms with Crippen LogP contribution in [0.4, 0.5) is 8.78 Å². The first-order valence-corrected chi connectivity index (χ1v) is 11.0. The van der Waals surface area contributed by atoms with Gasteiger partial charge in [-0.2, -0.15) is 8.78 Å². The molecule has 3 rings (SSSR count). The number of alkyl halides is 2. The number of carbonyl (C=O) groups is 2. The Morgan fingerprint density at radius 3 is 2.46 bits per heavy atom. The quantitative estimate of drug-likeness (QED) is 0.468. The molecule has 1 fully saturated rings. The fraction of sp³-hybridized carbons (Fsp3) is 0.417. The van der Waals surface area contributed by atoms with E-state index in [1.54, 1.807) is 12.1 Å². The highest BCUT2D eigenvalue weighted by molar-refractivity contribution is 5.97. The first kappa shape index (κ1) is 26.0. The van der Waals surface area contributed by atoms with E-state index in [9.17, 15) is 18.4 Å². The number of ether oxygens (including phenoxy) is 5. The molecule has 2 aromatic carbocycles. The number of benzene rings is 2. The van der Waals surface area contributed by atoms with Gasteiger partial charge in [-0.15, -0.1) is 0 Å². The van der Waals surface area contributed by atoms with Crippen LogP contribution in [0, 0.1) is 0 Å².